The Labute approximate surface area is 175 Å². The predicted molar refractivity (Wildman–Crippen MR) is 114 cm³/mol. The minimum Gasteiger partial charge on any atom is -0.400 e. The molecule has 0 fully saturated rings. The molecule has 0 radical (unpaired) electrons. The molecule has 0 aliphatic heterocycles. The van der Waals surface area contributed by atoms with Crippen LogP contribution in [0.25, 0.3) is 0 Å². The van der Waals surface area contributed by atoms with E-state index in [1.165, 1.54) is 21.3 Å². The van der Waals surface area contributed by atoms with Crippen molar-refractivity contribution in [3.05, 3.63) is 0 Å². The molecule has 0 bridgehead atoms. The lowest BCUT2D eigenvalue weighted by Crippen LogP contribution is -1.75. The Morgan fingerprint density at radius 3 is 0.857 bits per heavy atom. The maximum absolute atomic E-state index is 7.00. The number of hydrogen-bond acceptors (Lipinski definition) is 7. The zero-order valence-corrected chi connectivity index (χ0v) is 21.4. The van der Waals surface area contributed by atoms with Gasteiger partial charge < -0.3 is 18.7 Å². The number of aliphatic hydroxyl groups excluding tert-OH is 1. The first-order valence-corrected chi connectivity index (χ1v) is 17.4. The fourth-order valence-corrected chi connectivity index (χ4v) is 0.224. The van der Waals surface area contributed by atoms with E-state index in [2.05, 4.69) is 49.0 Å². The Kier molecular flexibility index (Phi) is 34.4. The molecule has 0 saturated heterocycles. The lowest BCUT2D eigenvalue weighted by molar-refractivity contribution is 0.352. The van der Waals surface area contributed by atoms with Crippen LogP contribution in [0.1, 0.15) is 0 Å². The normalized spacial score (nSPS) is 10.4. The quantitative estimate of drug-likeness (QED) is 0.370. The zero-order chi connectivity index (χ0) is 17.6. The van der Waals surface area contributed by atoms with E-state index in [0.717, 1.165) is 7.11 Å². The van der Waals surface area contributed by atoms with E-state index in [1.807, 2.05) is 0 Å². The van der Waals surface area contributed by atoms with Crippen molar-refractivity contribution in [1.29, 1.82) is 0 Å². The summed E-state index contributed by atoms with van der Waals surface area (Å²) in [6.45, 7) is 0. The van der Waals surface area contributed by atoms with Gasteiger partial charge in [-0.05, 0) is 69.1 Å². The van der Waals surface area contributed by atoms with Crippen LogP contribution in [-0.4, -0.2) is 33.5 Å². The topological polar surface area (TPSA) is 47.9 Å². The summed E-state index contributed by atoms with van der Waals surface area (Å²) in [5.74, 6) is -2.35. The summed E-state index contributed by atoms with van der Waals surface area (Å²) in [6, 6.07) is 0. The molecule has 17 heteroatoms. The largest absolute Gasteiger partial charge is 0.400 e. The van der Waals surface area contributed by atoms with Gasteiger partial charge in [-0.2, -0.15) is 0 Å². The summed E-state index contributed by atoms with van der Waals surface area (Å²) in [5.41, 5.74) is 0. The van der Waals surface area contributed by atoms with Crippen LogP contribution >= 0.6 is 94.8 Å². The first kappa shape index (κ1) is 35.8. The molecule has 0 atom stereocenters. The molecule has 0 heterocycles. The van der Waals surface area contributed by atoms with Gasteiger partial charge in [-0.3, -0.25) is 0 Å². The van der Waals surface area contributed by atoms with E-state index >= 15 is 0 Å². The Morgan fingerprint density at radius 2 is 0.857 bits per heavy atom. The van der Waals surface area contributed by atoms with Crippen molar-refractivity contribution >= 4 is 130 Å². The van der Waals surface area contributed by atoms with Gasteiger partial charge in [-0.15, -0.1) is 12.4 Å². The number of aliphatic hydroxyl groups is 1. The molecule has 136 valence electrons. The van der Waals surface area contributed by atoms with Gasteiger partial charge in [0.05, 0.1) is 0 Å². The Hall–Kier alpha value is 3.82. The van der Waals surface area contributed by atoms with Crippen molar-refractivity contribution in [2.45, 2.75) is 0 Å². The van der Waals surface area contributed by atoms with Crippen molar-refractivity contribution < 1.29 is 18.7 Å². The number of halogens is 7. The Morgan fingerprint density at radius 1 is 0.714 bits per heavy atom. The van der Waals surface area contributed by atoms with Gasteiger partial charge in [0, 0.05) is 28.4 Å². The highest BCUT2D eigenvalue weighted by molar-refractivity contribution is 8.50. The van der Waals surface area contributed by atoms with E-state index in [1.54, 1.807) is 0 Å². The maximum Gasteiger partial charge on any atom is 0.281 e. The van der Waals surface area contributed by atoms with E-state index < -0.39 is 14.9 Å². The van der Waals surface area contributed by atoms with Crippen LogP contribution in [0, 0.1) is 0 Å². The molecular weight excluding hydrogens is 549 g/mol. The van der Waals surface area contributed by atoms with Crippen molar-refractivity contribution in [3.63, 3.8) is 0 Å². The summed E-state index contributed by atoms with van der Waals surface area (Å²) < 4.78 is 11.1. The lowest BCUT2D eigenvalue weighted by atomic mass is 11.8. The summed E-state index contributed by atoms with van der Waals surface area (Å²) in [6.07, 6.45) is 0. The second-order valence-electron chi connectivity index (χ2n) is 1.79. The molecule has 0 aliphatic rings. The zero-order valence-electron chi connectivity index (χ0n) is 10.9. The van der Waals surface area contributed by atoms with E-state index in [0.29, 0.717) is 0 Å². The molecule has 21 heavy (non-hydrogen) atoms. The average molecular weight is 563 g/mol. The smallest absolute Gasteiger partial charge is 0.281 e. The van der Waals surface area contributed by atoms with E-state index in [9.17, 15) is 0 Å². The van der Waals surface area contributed by atoms with Gasteiger partial charge in [-0.1, -0.05) is 33.7 Å². The Bertz CT molecular complexity index is 334. The Balaban J connectivity index is -0.0000000568. The van der Waals surface area contributed by atoms with E-state index in [-0.39, 0.29) is 12.4 Å². The van der Waals surface area contributed by atoms with Crippen molar-refractivity contribution in [2.24, 2.45) is 0 Å². The van der Waals surface area contributed by atoms with Crippen molar-refractivity contribution in [3.8, 4) is 0 Å². The molecule has 0 amide bonds. The highest BCUT2D eigenvalue weighted by Crippen LogP contribution is 2.61. The fourth-order valence-electron chi connectivity index (χ4n) is 0.0745. The van der Waals surface area contributed by atoms with E-state index in [4.69, 9.17) is 72.6 Å². The van der Waals surface area contributed by atoms with Crippen LogP contribution in [0.2, 0.25) is 0 Å². The number of rotatable bonds is 3. The average Bonchev–Trinajstić information content (AvgIpc) is 2.29. The molecule has 0 aromatic rings. The monoisotopic (exact) mass is 560 g/mol. The molecule has 0 aliphatic carbocycles. The minimum absolute atomic E-state index is 0. The van der Waals surface area contributed by atoms with Crippen LogP contribution in [-0.2, 0) is 49.0 Å². The molecule has 0 saturated carbocycles. The van der Waals surface area contributed by atoms with Gasteiger partial charge in [0.1, 0.15) is 0 Å². The molecule has 0 aromatic heterocycles. The SMILES string of the molecule is CO.COP(=S)(Cl)Cl.COP(=S)(Cl)OC.Cl.S=P(Cl)(Cl)Cl. The summed E-state index contributed by atoms with van der Waals surface area (Å²) in [5, 5.41) is 7.00. The second-order valence-corrected chi connectivity index (χ2v) is 24.4. The van der Waals surface area contributed by atoms with Crippen LogP contribution < -0.4 is 0 Å². The molecule has 0 aromatic carbocycles. The molecule has 0 spiro atoms. The van der Waals surface area contributed by atoms with Crippen LogP contribution in [0.4, 0.5) is 0 Å². The second kappa shape index (κ2) is 20.1. The van der Waals surface area contributed by atoms with Gasteiger partial charge in [0.2, 0.25) is 9.07 Å². The van der Waals surface area contributed by atoms with Crippen LogP contribution in [0.3, 0.4) is 0 Å². The minimum atomic E-state index is -2.39. The standard InChI is InChI=1S/C2H6ClO2PS.CH3Cl2OPS.CH4O.Cl3PS.ClH/c1-4-6(3,7)5-2;1-4-5(2,3)6;1-2;1-4(2,3)5;/h1-2H3;1H3;2H,1H3;;1H. The molecule has 0 unspecified atom stereocenters. The highest BCUT2D eigenvalue weighted by Gasteiger charge is 2.06. The third-order valence-electron chi connectivity index (χ3n) is 0.649. The van der Waals surface area contributed by atoms with Gasteiger partial charge >= 0.3 is 0 Å². The summed E-state index contributed by atoms with van der Waals surface area (Å²) in [4.78, 5) is -2.37. The molecular formula is C4H14Cl7O4P3S3. The third kappa shape index (κ3) is 69.0. The highest BCUT2D eigenvalue weighted by atomic mass is 36.1. The lowest BCUT2D eigenvalue weighted by Gasteiger charge is -2.05. The first-order valence-electron chi connectivity index (χ1n) is 3.78. The predicted octanol–water partition coefficient (Wildman–Crippen LogP) is 7.04. The number of hydrogen-bond donors (Lipinski definition) is 1. The summed E-state index contributed by atoms with van der Waals surface area (Å²) in [7, 11) is 5.25. The third-order valence-corrected chi connectivity index (χ3v) is 4.94. The maximum atomic E-state index is 7.00. The molecule has 1 N–H and O–H groups in total. The van der Waals surface area contributed by atoms with Gasteiger partial charge in [0.25, 0.3) is 5.84 Å². The summed E-state index contributed by atoms with van der Waals surface area (Å²) >= 11 is 43.9. The van der Waals surface area contributed by atoms with Gasteiger partial charge in [-0.25, -0.2) is 0 Å². The molecule has 4 nitrogen and oxygen atoms in total. The fraction of sp³-hybridized carbons (Fsp3) is 1.00. The van der Waals surface area contributed by atoms with Crippen LogP contribution in [0.5, 0.6) is 0 Å². The first-order chi connectivity index (χ1) is 8.68. The molecule has 0 rings (SSSR count). The van der Waals surface area contributed by atoms with Gasteiger partial charge in [0.15, 0.2) is 0 Å². The van der Waals surface area contributed by atoms with Crippen LogP contribution in [0.15, 0.2) is 0 Å². The van der Waals surface area contributed by atoms with Crippen molar-refractivity contribution in [1.82, 2.24) is 0 Å². The van der Waals surface area contributed by atoms with Crippen molar-refractivity contribution in [2.75, 3.05) is 28.4 Å².